The molecule has 0 aromatic heterocycles. The maximum Gasteiger partial charge on any atom is 0.165 e. The van der Waals surface area contributed by atoms with E-state index < -0.39 is 5.82 Å². The number of benzene rings is 2. The van der Waals surface area contributed by atoms with Crippen molar-refractivity contribution in [1.82, 2.24) is 0 Å². The third kappa shape index (κ3) is 3.35. The Kier molecular flexibility index (Phi) is 5.10. The van der Waals surface area contributed by atoms with Gasteiger partial charge in [-0.15, -0.1) is 11.6 Å². The summed E-state index contributed by atoms with van der Waals surface area (Å²) in [5, 5.41) is 0.483. The Hall–Kier alpha value is -1.45. The lowest BCUT2D eigenvalue weighted by Crippen LogP contribution is -2.00. The van der Waals surface area contributed by atoms with Crippen LogP contribution in [-0.2, 0) is 12.5 Å². The molecule has 0 N–H and O–H groups in total. The van der Waals surface area contributed by atoms with Gasteiger partial charge in [-0.05, 0) is 23.8 Å². The highest BCUT2D eigenvalue weighted by Crippen LogP contribution is 2.30. The first-order valence-electron chi connectivity index (χ1n) is 5.94. The van der Waals surface area contributed by atoms with E-state index in [-0.39, 0.29) is 12.4 Å². The van der Waals surface area contributed by atoms with Crippen LogP contribution in [0, 0.1) is 5.82 Å². The van der Waals surface area contributed by atoms with E-state index in [0.29, 0.717) is 22.2 Å². The van der Waals surface area contributed by atoms with Crippen molar-refractivity contribution in [2.45, 2.75) is 12.5 Å². The number of halogens is 3. The highest BCUT2D eigenvalue weighted by molar-refractivity contribution is 6.32. The molecule has 0 bridgehead atoms. The van der Waals surface area contributed by atoms with Crippen LogP contribution >= 0.6 is 23.2 Å². The van der Waals surface area contributed by atoms with Gasteiger partial charge in [0.05, 0.1) is 18.0 Å². The Morgan fingerprint density at radius 1 is 1.20 bits per heavy atom. The van der Waals surface area contributed by atoms with Crippen molar-refractivity contribution < 1.29 is 13.9 Å². The SMILES string of the molecule is COc1ccc(COc2c(Cl)cccc2CCl)cc1F. The van der Waals surface area contributed by atoms with Gasteiger partial charge in [-0.1, -0.05) is 29.8 Å². The van der Waals surface area contributed by atoms with Crippen LogP contribution < -0.4 is 9.47 Å². The van der Waals surface area contributed by atoms with Gasteiger partial charge in [0.1, 0.15) is 12.4 Å². The number of hydrogen-bond acceptors (Lipinski definition) is 2. The zero-order valence-electron chi connectivity index (χ0n) is 10.8. The van der Waals surface area contributed by atoms with Crippen molar-refractivity contribution in [3.63, 3.8) is 0 Å². The molecule has 0 aliphatic carbocycles. The van der Waals surface area contributed by atoms with Crippen LogP contribution in [0.5, 0.6) is 11.5 Å². The monoisotopic (exact) mass is 314 g/mol. The van der Waals surface area contributed by atoms with Crippen LogP contribution in [0.15, 0.2) is 36.4 Å². The largest absolute Gasteiger partial charge is 0.494 e. The van der Waals surface area contributed by atoms with Crippen LogP contribution in [0.3, 0.4) is 0 Å². The smallest absolute Gasteiger partial charge is 0.165 e. The lowest BCUT2D eigenvalue weighted by atomic mass is 10.2. The van der Waals surface area contributed by atoms with E-state index >= 15 is 0 Å². The van der Waals surface area contributed by atoms with Crippen molar-refractivity contribution in [3.05, 3.63) is 58.4 Å². The fraction of sp³-hybridized carbons (Fsp3) is 0.200. The quantitative estimate of drug-likeness (QED) is 0.738. The van der Waals surface area contributed by atoms with Crippen molar-refractivity contribution in [1.29, 1.82) is 0 Å². The van der Waals surface area contributed by atoms with E-state index in [1.54, 1.807) is 24.3 Å². The minimum Gasteiger partial charge on any atom is -0.494 e. The summed E-state index contributed by atoms with van der Waals surface area (Å²) in [6.07, 6.45) is 0. The topological polar surface area (TPSA) is 18.5 Å². The van der Waals surface area contributed by atoms with E-state index in [0.717, 1.165) is 5.56 Å². The van der Waals surface area contributed by atoms with Crippen molar-refractivity contribution >= 4 is 23.2 Å². The van der Waals surface area contributed by atoms with E-state index in [2.05, 4.69) is 0 Å². The van der Waals surface area contributed by atoms with Crippen LogP contribution in [-0.4, -0.2) is 7.11 Å². The van der Waals surface area contributed by atoms with E-state index in [1.165, 1.54) is 13.2 Å². The van der Waals surface area contributed by atoms with Crippen molar-refractivity contribution in [2.24, 2.45) is 0 Å². The molecule has 0 atom stereocenters. The molecule has 2 aromatic rings. The molecule has 0 heterocycles. The van der Waals surface area contributed by atoms with Crippen LogP contribution in [0.2, 0.25) is 5.02 Å². The van der Waals surface area contributed by atoms with Gasteiger partial charge in [-0.3, -0.25) is 0 Å². The summed E-state index contributed by atoms with van der Waals surface area (Å²) >= 11 is 11.9. The van der Waals surface area contributed by atoms with Crippen molar-refractivity contribution in [2.75, 3.05) is 7.11 Å². The van der Waals surface area contributed by atoms with E-state index in [1.807, 2.05) is 6.07 Å². The molecule has 0 radical (unpaired) electrons. The maximum absolute atomic E-state index is 13.6. The summed E-state index contributed by atoms with van der Waals surface area (Å²) in [5.74, 6) is 0.603. The highest BCUT2D eigenvalue weighted by Gasteiger charge is 2.09. The normalized spacial score (nSPS) is 10.4. The average molecular weight is 315 g/mol. The predicted octanol–water partition coefficient (Wildman–Crippen LogP) is 4.81. The second-order valence-electron chi connectivity index (χ2n) is 4.12. The molecule has 0 aliphatic rings. The second-order valence-corrected chi connectivity index (χ2v) is 4.79. The molecule has 0 fully saturated rings. The fourth-order valence-electron chi connectivity index (χ4n) is 1.78. The number of ether oxygens (including phenoxy) is 2. The highest BCUT2D eigenvalue weighted by atomic mass is 35.5. The molecule has 0 saturated heterocycles. The second kappa shape index (κ2) is 6.82. The first-order chi connectivity index (χ1) is 9.65. The summed E-state index contributed by atoms with van der Waals surface area (Å²) in [5.41, 5.74) is 1.48. The molecule has 106 valence electrons. The van der Waals surface area contributed by atoms with Gasteiger partial charge >= 0.3 is 0 Å². The summed E-state index contributed by atoms with van der Waals surface area (Å²) in [6, 6.07) is 10.0. The Morgan fingerprint density at radius 2 is 2.00 bits per heavy atom. The van der Waals surface area contributed by atoms with E-state index in [9.17, 15) is 4.39 Å². The molecule has 0 amide bonds. The summed E-state index contributed by atoms with van der Waals surface area (Å²) in [6.45, 7) is 0.203. The number of para-hydroxylation sites is 1. The van der Waals surface area contributed by atoms with Gasteiger partial charge in [-0.2, -0.15) is 0 Å². The van der Waals surface area contributed by atoms with Crippen LogP contribution in [0.25, 0.3) is 0 Å². The molecule has 5 heteroatoms. The first-order valence-corrected chi connectivity index (χ1v) is 6.85. The molecule has 2 rings (SSSR count). The summed E-state index contributed by atoms with van der Waals surface area (Å²) in [4.78, 5) is 0. The number of methoxy groups -OCH3 is 1. The Bertz CT molecular complexity index is 602. The van der Waals surface area contributed by atoms with Gasteiger partial charge in [0.2, 0.25) is 0 Å². The maximum atomic E-state index is 13.6. The third-order valence-corrected chi connectivity index (χ3v) is 3.38. The number of alkyl halides is 1. The van der Waals surface area contributed by atoms with Gasteiger partial charge in [0.25, 0.3) is 0 Å². The number of hydrogen-bond donors (Lipinski definition) is 0. The Labute approximate surface area is 127 Å². The van der Waals surface area contributed by atoms with Crippen LogP contribution in [0.1, 0.15) is 11.1 Å². The summed E-state index contributed by atoms with van der Waals surface area (Å²) in [7, 11) is 1.42. The number of rotatable bonds is 5. The first kappa shape index (κ1) is 14.9. The molecule has 2 nitrogen and oxygen atoms in total. The van der Waals surface area contributed by atoms with E-state index in [4.69, 9.17) is 32.7 Å². The average Bonchev–Trinajstić information content (AvgIpc) is 2.46. The van der Waals surface area contributed by atoms with Crippen molar-refractivity contribution in [3.8, 4) is 11.5 Å². The van der Waals surface area contributed by atoms with Gasteiger partial charge < -0.3 is 9.47 Å². The lowest BCUT2D eigenvalue weighted by molar-refractivity contribution is 0.302. The van der Waals surface area contributed by atoms with Gasteiger partial charge in [0.15, 0.2) is 11.6 Å². The molecule has 20 heavy (non-hydrogen) atoms. The molecular formula is C15H13Cl2FO2. The van der Waals surface area contributed by atoms with Gasteiger partial charge in [0, 0.05) is 5.56 Å². The minimum atomic E-state index is -0.426. The van der Waals surface area contributed by atoms with Crippen LogP contribution in [0.4, 0.5) is 4.39 Å². The third-order valence-electron chi connectivity index (χ3n) is 2.79. The predicted molar refractivity (Wildman–Crippen MR) is 78.3 cm³/mol. The minimum absolute atomic E-state index is 0.202. The summed E-state index contributed by atoms with van der Waals surface area (Å²) < 4.78 is 24.1. The lowest BCUT2D eigenvalue weighted by Gasteiger charge is -2.12. The molecule has 2 aromatic carbocycles. The standard InChI is InChI=1S/C15H13Cl2FO2/c1-19-14-6-5-10(7-13(14)18)9-20-15-11(8-16)3-2-4-12(15)17/h2-7H,8-9H2,1H3. The zero-order chi connectivity index (χ0) is 14.5. The zero-order valence-corrected chi connectivity index (χ0v) is 12.3. The Balaban J connectivity index is 2.15. The fourth-order valence-corrected chi connectivity index (χ4v) is 2.23. The molecular weight excluding hydrogens is 302 g/mol. The molecule has 0 unspecified atom stereocenters. The molecule has 0 spiro atoms. The van der Waals surface area contributed by atoms with Gasteiger partial charge in [-0.25, -0.2) is 4.39 Å². The Morgan fingerprint density at radius 3 is 2.65 bits per heavy atom. The molecule has 0 aliphatic heterocycles. The molecule has 0 saturated carbocycles.